The summed E-state index contributed by atoms with van der Waals surface area (Å²) in [6, 6.07) is 2.53. The Morgan fingerprint density at radius 1 is 1.40 bits per heavy atom. The van der Waals surface area contributed by atoms with E-state index >= 15 is 0 Å². The van der Waals surface area contributed by atoms with E-state index in [4.69, 9.17) is 11.6 Å². The largest absolute Gasteiger partial charge is 0.382 e. The Labute approximate surface area is 94.2 Å². The van der Waals surface area contributed by atoms with Crippen molar-refractivity contribution in [1.29, 1.82) is 0 Å². The summed E-state index contributed by atoms with van der Waals surface area (Å²) in [6.07, 6.45) is 5.60. The van der Waals surface area contributed by atoms with Gasteiger partial charge in [0.15, 0.2) is 0 Å². The van der Waals surface area contributed by atoms with Gasteiger partial charge in [0.2, 0.25) is 0 Å². The fourth-order valence-corrected chi connectivity index (χ4v) is 2.73. The Morgan fingerprint density at radius 2 is 2.33 bits per heavy atom. The molecule has 0 amide bonds. The molecule has 0 bridgehead atoms. The molecule has 1 fully saturated rings. The van der Waals surface area contributed by atoms with Crippen LogP contribution in [0.15, 0.2) is 12.3 Å². The second kappa shape index (κ2) is 3.56. The molecule has 80 valence electrons. The second-order valence-electron chi connectivity index (χ2n) is 4.37. The molecule has 1 aromatic heterocycles. The number of hydrogen-bond acceptors (Lipinski definition) is 3. The Balaban J connectivity index is 1.93. The summed E-state index contributed by atoms with van der Waals surface area (Å²) in [5.41, 5.74) is 1.04. The maximum atomic E-state index is 5.92. The SMILES string of the molecule is Clc1cnc2c(c1)NCC1CCCC1N2. The van der Waals surface area contributed by atoms with Crippen LogP contribution in [-0.4, -0.2) is 17.6 Å². The highest BCUT2D eigenvalue weighted by molar-refractivity contribution is 6.30. The molecule has 1 aliphatic heterocycles. The van der Waals surface area contributed by atoms with Crippen molar-refractivity contribution in [1.82, 2.24) is 4.98 Å². The molecule has 2 heterocycles. The van der Waals surface area contributed by atoms with E-state index in [2.05, 4.69) is 15.6 Å². The van der Waals surface area contributed by atoms with Crippen LogP contribution in [-0.2, 0) is 0 Å². The van der Waals surface area contributed by atoms with Crippen LogP contribution in [0.25, 0.3) is 0 Å². The molecular formula is C11H14ClN3. The van der Waals surface area contributed by atoms with Crippen LogP contribution in [0.2, 0.25) is 5.02 Å². The maximum Gasteiger partial charge on any atom is 0.149 e. The fraction of sp³-hybridized carbons (Fsp3) is 0.545. The number of hydrogen-bond donors (Lipinski definition) is 2. The molecule has 2 atom stereocenters. The zero-order valence-electron chi connectivity index (χ0n) is 8.46. The van der Waals surface area contributed by atoms with Crippen LogP contribution < -0.4 is 10.6 Å². The van der Waals surface area contributed by atoms with Crippen molar-refractivity contribution in [2.75, 3.05) is 17.2 Å². The van der Waals surface area contributed by atoms with Crippen molar-refractivity contribution < 1.29 is 0 Å². The molecule has 2 unspecified atom stereocenters. The third-order valence-electron chi connectivity index (χ3n) is 3.39. The summed E-state index contributed by atoms with van der Waals surface area (Å²) < 4.78 is 0. The molecule has 4 heteroatoms. The summed E-state index contributed by atoms with van der Waals surface area (Å²) in [6.45, 7) is 1.03. The maximum absolute atomic E-state index is 5.92. The summed E-state index contributed by atoms with van der Waals surface area (Å²) in [7, 11) is 0. The van der Waals surface area contributed by atoms with Gasteiger partial charge >= 0.3 is 0 Å². The predicted molar refractivity (Wildman–Crippen MR) is 62.5 cm³/mol. The Hall–Kier alpha value is -0.960. The van der Waals surface area contributed by atoms with E-state index in [1.54, 1.807) is 6.20 Å². The van der Waals surface area contributed by atoms with Gasteiger partial charge in [0.05, 0.1) is 10.7 Å². The standard InChI is InChI=1S/C11H14ClN3/c12-8-4-10-11(14-6-8)15-9-3-1-2-7(9)5-13-10/h4,6-7,9,13H,1-3,5H2,(H,14,15). The lowest BCUT2D eigenvalue weighted by atomic mass is 10.0. The molecule has 2 aliphatic rings. The van der Waals surface area contributed by atoms with Crippen molar-refractivity contribution in [3.8, 4) is 0 Å². The molecule has 0 spiro atoms. The summed E-state index contributed by atoms with van der Waals surface area (Å²) in [4.78, 5) is 4.33. The lowest BCUT2D eigenvalue weighted by Gasteiger charge is -2.16. The van der Waals surface area contributed by atoms with Gasteiger partial charge in [0.1, 0.15) is 5.82 Å². The highest BCUT2D eigenvalue weighted by Crippen LogP contribution is 2.34. The van der Waals surface area contributed by atoms with E-state index in [9.17, 15) is 0 Å². The number of pyridine rings is 1. The van der Waals surface area contributed by atoms with Crippen molar-refractivity contribution in [2.24, 2.45) is 5.92 Å². The monoisotopic (exact) mass is 223 g/mol. The van der Waals surface area contributed by atoms with Gasteiger partial charge in [-0.3, -0.25) is 0 Å². The van der Waals surface area contributed by atoms with E-state index < -0.39 is 0 Å². The van der Waals surface area contributed by atoms with Crippen LogP contribution in [0.3, 0.4) is 0 Å². The van der Waals surface area contributed by atoms with Gasteiger partial charge in [-0.25, -0.2) is 4.98 Å². The number of fused-ring (bicyclic) bond motifs is 2. The number of aromatic nitrogens is 1. The number of nitrogens with one attached hydrogen (secondary N) is 2. The second-order valence-corrected chi connectivity index (χ2v) is 4.81. The van der Waals surface area contributed by atoms with Gasteiger partial charge in [-0.2, -0.15) is 0 Å². The van der Waals surface area contributed by atoms with Crippen molar-refractivity contribution in [3.63, 3.8) is 0 Å². The Bertz CT molecular complexity index is 380. The van der Waals surface area contributed by atoms with Crippen LogP contribution in [0, 0.1) is 5.92 Å². The van der Waals surface area contributed by atoms with Crippen LogP contribution in [0.4, 0.5) is 11.5 Å². The first kappa shape index (κ1) is 9.28. The van der Waals surface area contributed by atoms with Crippen LogP contribution in [0.1, 0.15) is 19.3 Å². The van der Waals surface area contributed by atoms with Gasteiger partial charge in [-0.05, 0) is 24.8 Å². The van der Waals surface area contributed by atoms with Crippen molar-refractivity contribution in [3.05, 3.63) is 17.3 Å². The third-order valence-corrected chi connectivity index (χ3v) is 3.60. The van der Waals surface area contributed by atoms with E-state index in [0.29, 0.717) is 11.1 Å². The number of anilines is 2. The minimum atomic E-state index is 0.590. The normalized spacial score (nSPS) is 28.3. The summed E-state index contributed by atoms with van der Waals surface area (Å²) in [5, 5.41) is 7.63. The van der Waals surface area contributed by atoms with Crippen molar-refractivity contribution in [2.45, 2.75) is 25.3 Å². The van der Waals surface area contributed by atoms with Gasteiger partial charge in [0.25, 0.3) is 0 Å². The van der Waals surface area contributed by atoms with Crippen LogP contribution in [0.5, 0.6) is 0 Å². The van der Waals surface area contributed by atoms with E-state index in [1.165, 1.54) is 19.3 Å². The zero-order valence-corrected chi connectivity index (χ0v) is 9.22. The average Bonchev–Trinajstić information content (AvgIpc) is 2.59. The average molecular weight is 224 g/mol. The van der Waals surface area contributed by atoms with Gasteiger partial charge in [-0.1, -0.05) is 18.0 Å². The molecule has 0 radical (unpaired) electrons. The molecular weight excluding hydrogens is 210 g/mol. The van der Waals surface area contributed by atoms with E-state index in [-0.39, 0.29) is 0 Å². The van der Waals surface area contributed by atoms with E-state index in [1.807, 2.05) is 6.07 Å². The minimum Gasteiger partial charge on any atom is -0.382 e. The molecule has 1 aliphatic carbocycles. The molecule has 1 saturated carbocycles. The molecule has 3 nitrogen and oxygen atoms in total. The lowest BCUT2D eigenvalue weighted by Crippen LogP contribution is -2.25. The number of rotatable bonds is 0. The molecule has 15 heavy (non-hydrogen) atoms. The first-order chi connectivity index (χ1) is 7.33. The quantitative estimate of drug-likeness (QED) is 0.710. The molecule has 3 rings (SSSR count). The minimum absolute atomic E-state index is 0.590. The fourth-order valence-electron chi connectivity index (χ4n) is 2.58. The highest BCUT2D eigenvalue weighted by atomic mass is 35.5. The Morgan fingerprint density at radius 3 is 3.27 bits per heavy atom. The first-order valence-electron chi connectivity index (χ1n) is 5.49. The molecule has 2 N–H and O–H groups in total. The first-order valence-corrected chi connectivity index (χ1v) is 5.87. The predicted octanol–water partition coefficient (Wildman–Crippen LogP) is 2.74. The number of nitrogens with zero attached hydrogens (tertiary/aromatic N) is 1. The van der Waals surface area contributed by atoms with Gasteiger partial charge in [0, 0.05) is 18.8 Å². The number of halogens is 1. The van der Waals surface area contributed by atoms with E-state index in [0.717, 1.165) is 24.0 Å². The molecule has 0 aromatic carbocycles. The van der Waals surface area contributed by atoms with Crippen LogP contribution >= 0.6 is 11.6 Å². The molecule has 1 aromatic rings. The third kappa shape index (κ3) is 1.65. The topological polar surface area (TPSA) is 37.0 Å². The lowest BCUT2D eigenvalue weighted by molar-refractivity contribution is 0.536. The summed E-state index contributed by atoms with van der Waals surface area (Å²) in [5.74, 6) is 1.69. The highest BCUT2D eigenvalue weighted by Gasteiger charge is 2.30. The van der Waals surface area contributed by atoms with Crippen molar-refractivity contribution >= 4 is 23.1 Å². The summed E-state index contributed by atoms with van der Waals surface area (Å²) >= 11 is 5.92. The van der Waals surface area contributed by atoms with Gasteiger partial charge in [-0.15, -0.1) is 0 Å². The zero-order chi connectivity index (χ0) is 10.3. The molecule has 0 saturated heterocycles. The Kier molecular flexibility index (Phi) is 2.20. The smallest absolute Gasteiger partial charge is 0.149 e. The van der Waals surface area contributed by atoms with Gasteiger partial charge < -0.3 is 10.6 Å².